The number of nitrogens with zero attached hydrogens (tertiary/aromatic N) is 8. The molecule has 3 N–H and O–H groups in total. The molecule has 0 bridgehead atoms. The number of pyridine rings is 2. The van der Waals surface area contributed by atoms with E-state index in [1.54, 1.807) is 42.6 Å². The Hall–Kier alpha value is -4.56. The largest absolute Gasteiger partial charge is 0.737 e. The predicted octanol–water partition coefficient (Wildman–Crippen LogP) is 1.12. The van der Waals surface area contributed by atoms with Crippen LogP contribution < -0.4 is 36.3 Å². The van der Waals surface area contributed by atoms with Crippen molar-refractivity contribution in [1.29, 1.82) is 0 Å². The number of hydrogen-bond acceptors (Lipinski definition) is 12. The van der Waals surface area contributed by atoms with Gasteiger partial charge < -0.3 is 26.0 Å². The van der Waals surface area contributed by atoms with Crippen molar-refractivity contribution in [3.8, 4) is 0 Å². The minimum Gasteiger partial charge on any atom is -0.737 e. The Morgan fingerprint density at radius 1 is 0.933 bits per heavy atom. The standard InChI is InChI=1S/C16H11N11O3/c28-25-13-4-3-9(6-11(13)19-22-25)23-20-12-7-10(8-18-16(12)27(23)30)24-21-15-14(26(24)29)2-1-5-17-15/h1-8,20,22H,(H,17,21)/q-2. The summed E-state index contributed by atoms with van der Waals surface area (Å²) < 4.78 is 0. The minimum atomic E-state index is 0.118. The van der Waals surface area contributed by atoms with Crippen molar-refractivity contribution in [3.05, 3.63) is 64.4 Å². The summed E-state index contributed by atoms with van der Waals surface area (Å²) in [4.78, 5) is 8.84. The quantitative estimate of drug-likeness (QED) is 0.322. The lowest BCUT2D eigenvalue weighted by atomic mass is 10.3. The highest BCUT2D eigenvalue weighted by molar-refractivity contribution is 5.85. The van der Waals surface area contributed by atoms with Crippen molar-refractivity contribution >= 4 is 45.4 Å². The molecular formula is C16H11N11O3-2. The van der Waals surface area contributed by atoms with Crippen LogP contribution in [-0.2, 0) is 0 Å². The summed E-state index contributed by atoms with van der Waals surface area (Å²) in [6, 6.07) is 9.63. The Kier molecular flexibility index (Phi) is 3.13. The Labute approximate surface area is 167 Å². The molecule has 30 heavy (non-hydrogen) atoms. The highest BCUT2D eigenvalue weighted by atomic mass is 16.6. The van der Waals surface area contributed by atoms with E-state index in [9.17, 15) is 15.6 Å². The SMILES string of the molecule is [O-]N1c2cccnc2NN1c1cnc2c(c1)NN(c1ccc3c(c1)n[nH][n+]3[O-])N2[O-]. The number of hydrazine groups is 4. The number of rotatable bonds is 2. The van der Waals surface area contributed by atoms with Crippen LogP contribution in [0.25, 0.3) is 11.0 Å². The fourth-order valence-corrected chi connectivity index (χ4v) is 3.34. The van der Waals surface area contributed by atoms with Crippen molar-refractivity contribution < 1.29 is 4.85 Å². The van der Waals surface area contributed by atoms with Gasteiger partial charge in [-0.05, 0) is 30.3 Å². The Morgan fingerprint density at radius 3 is 2.67 bits per heavy atom. The van der Waals surface area contributed by atoms with Crippen LogP contribution in [0.2, 0.25) is 0 Å². The lowest BCUT2D eigenvalue weighted by Gasteiger charge is -2.35. The Bertz CT molecular complexity index is 1290. The molecule has 0 fully saturated rings. The molecule has 0 unspecified atom stereocenters. The van der Waals surface area contributed by atoms with Crippen LogP contribution in [0.3, 0.4) is 0 Å². The molecule has 5 heterocycles. The Balaban J connectivity index is 1.32. The summed E-state index contributed by atoms with van der Waals surface area (Å²) in [5, 5.41) is 46.7. The van der Waals surface area contributed by atoms with Crippen LogP contribution in [-0.4, -0.2) is 20.3 Å². The number of benzene rings is 1. The van der Waals surface area contributed by atoms with Crippen molar-refractivity contribution in [1.82, 2.24) is 20.3 Å². The van der Waals surface area contributed by atoms with E-state index in [2.05, 4.69) is 31.1 Å². The molecule has 6 rings (SSSR count). The number of nitrogens with one attached hydrogen (secondary N) is 3. The summed E-state index contributed by atoms with van der Waals surface area (Å²) in [6.45, 7) is 0. The van der Waals surface area contributed by atoms with Gasteiger partial charge in [-0.3, -0.25) is 10.9 Å². The van der Waals surface area contributed by atoms with Gasteiger partial charge in [0.2, 0.25) is 5.52 Å². The van der Waals surface area contributed by atoms with E-state index in [-0.39, 0.29) is 5.82 Å². The van der Waals surface area contributed by atoms with Crippen LogP contribution in [0, 0.1) is 15.6 Å². The van der Waals surface area contributed by atoms with E-state index < -0.39 is 0 Å². The minimum absolute atomic E-state index is 0.118. The molecule has 0 aliphatic carbocycles. The van der Waals surface area contributed by atoms with Crippen LogP contribution >= 0.6 is 0 Å². The second kappa shape index (κ2) is 5.72. The highest BCUT2D eigenvalue weighted by Gasteiger charge is 2.27. The van der Waals surface area contributed by atoms with Crippen LogP contribution in [0.1, 0.15) is 0 Å². The summed E-state index contributed by atoms with van der Waals surface area (Å²) >= 11 is 0. The number of anilines is 6. The fourth-order valence-electron chi connectivity index (χ4n) is 3.34. The molecule has 3 aromatic heterocycles. The van der Waals surface area contributed by atoms with Crippen molar-refractivity contribution in [3.63, 3.8) is 0 Å². The summed E-state index contributed by atoms with van der Waals surface area (Å²) in [7, 11) is 0. The first-order chi connectivity index (χ1) is 14.6. The molecular weight excluding hydrogens is 394 g/mol. The van der Waals surface area contributed by atoms with E-state index in [1.807, 2.05) is 0 Å². The van der Waals surface area contributed by atoms with Gasteiger partial charge in [0.25, 0.3) is 5.52 Å². The maximum Gasteiger partial charge on any atom is 0.251 e. The molecule has 1 aromatic carbocycles. The second-order valence-electron chi connectivity index (χ2n) is 6.51. The zero-order chi connectivity index (χ0) is 20.4. The van der Waals surface area contributed by atoms with Gasteiger partial charge in [-0.1, -0.05) is 5.21 Å². The van der Waals surface area contributed by atoms with Gasteiger partial charge >= 0.3 is 0 Å². The fraction of sp³-hybridized carbons (Fsp3) is 0. The summed E-state index contributed by atoms with van der Waals surface area (Å²) in [5.41, 5.74) is 8.18. The molecule has 14 nitrogen and oxygen atoms in total. The zero-order valence-corrected chi connectivity index (χ0v) is 14.9. The molecule has 2 aliphatic rings. The summed E-state index contributed by atoms with van der Waals surface area (Å²) in [6.07, 6.45) is 2.97. The summed E-state index contributed by atoms with van der Waals surface area (Å²) in [5.74, 6) is 0.531. The highest BCUT2D eigenvalue weighted by Crippen LogP contribution is 2.39. The molecule has 4 aromatic rings. The molecule has 0 spiro atoms. The number of H-pyrrole nitrogens is 1. The third-order valence-corrected chi connectivity index (χ3v) is 4.76. The first-order valence-corrected chi connectivity index (χ1v) is 8.71. The predicted molar refractivity (Wildman–Crippen MR) is 107 cm³/mol. The van der Waals surface area contributed by atoms with Gasteiger partial charge in [0.15, 0.2) is 11.6 Å². The molecule has 150 valence electrons. The molecule has 0 saturated heterocycles. The first kappa shape index (κ1) is 16.4. The Morgan fingerprint density at radius 2 is 1.80 bits per heavy atom. The van der Waals surface area contributed by atoms with Crippen molar-refractivity contribution in [2.24, 2.45) is 0 Å². The van der Waals surface area contributed by atoms with E-state index in [4.69, 9.17) is 0 Å². The number of hydrogen-bond donors (Lipinski definition) is 3. The van der Waals surface area contributed by atoms with Gasteiger partial charge in [0, 0.05) is 17.4 Å². The lowest BCUT2D eigenvalue weighted by molar-refractivity contribution is -0.644. The first-order valence-electron chi connectivity index (χ1n) is 8.71. The maximum absolute atomic E-state index is 12.7. The third kappa shape index (κ3) is 2.19. The van der Waals surface area contributed by atoms with E-state index in [1.165, 1.54) is 16.4 Å². The number of aromatic nitrogens is 5. The van der Waals surface area contributed by atoms with E-state index in [0.717, 1.165) is 0 Å². The molecule has 0 radical (unpaired) electrons. The molecule has 14 heteroatoms. The number of aromatic amines is 1. The van der Waals surface area contributed by atoms with Gasteiger partial charge in [0.1, 0.15) is 11.4 Å². The molecule has 0 amide bonds. The topological polar surface area (TPSA) is 165 Å². The van der Waals surface area contributed by atoms with Gasteiger partial charge in [-0.15, -0.1) is 0 Å². The van der Waals surface area contributed by atoms with Crippen LogP contribution in [0.4, 0.5) is 34.4 Å². The average Bonchev–Trinajstić information content (AvgIpc) is 3.42. The normalized spacial score (nSPS) is 14.7. The van der Waals surface area contributed by atoms with Crippen LogP contribution in [0.5, 0.6) is 0 Å². The smallest absolute Gasteiger partial charge is 0.251 e. The van der Waals surface area contributed by atoms with Gasteiger partial charge in [-0.2, -0.15) is 4.85 Å². The zero-order valence-electron chi connectivity index (χ0n) is 14.9. The van der Waals surface area contributed by atoms with Gasteiger partial charge in [-0.25, -0.2) is 20.2 Å². The second-order valence-corrected chi connectivity index (χ2v) is 6.51. The lowest BCUT2D eigenvalue weighted by Crippen LogP contribution is -2.37. The van der Waals surface area contributed by atoms with Crippen LogP contribution in [0.15, 0.2) is 48.8 Å². The van der Waals surface area contributed by atoms with E-state index >= 15 is 0 Å². The molecule has 0 atom stereocenters. The molecule has 2 aliphatic heterocycles. The monoisotopic (exact) mass is 405 g/mol. The van der Waals surface area contributed by atoms with E-state index in [0.29, 0.717) is 54.8 Å². The van der Waals surface area contributed by atoms with Crippen molar-refractivity contribution in [2.75, 3.05) is 31.4 Å². The average molecular weight is 405 g/mol. The number of fused-ring (bicyclic) bond motifs is 3. The maximum atomic E-state index is 12.7. The van der Waals surface area contributed by atoms with Crippen molar-refractivity contribution in [2.45, 2.75) is 0 Å². The molecule has 0 saturated carbocycles. The third-order valence-electron chi connectivity index (χ3n) is 4.76. The van der Waals surface area contributed by atoms with Gasteiger partial charge in [0.05, 0.1) is 17.6 Å².